The first kappa shape index (κ1) is 30.8. The molecule has 0 aromatic carbocycles. The normalized spacial score (nSPS) is 20.8. The summed E-state index contributed by atoms with van der Waals surface area (Å²) in [6.45, 7) is 10.8. The number of ether oxygens (including phenoxy) is 1. The van der Waals surface area contributed by atoms with Crippen LogP contribution in [0.2, 0.25) is 0 Å². The van der Waals surface area contributed by atoms with Crippen molar-refractivity contribution >= 4 is 29.5 Å². The van der Waals surface area contributed by atoms with Crippen LogP contribution in [0.4, 0.5) is 4.79 Å². The predicted octanol–water partition coefficient (Wildman–Crippen LogP) is 3.92. The molecule has 9 heteroatoms. The molecule has 37 heavy (non-hydrogen) atoms. The maximum Gasteiger partial charge on any atom is 0.408 e. The van der Waals surface area contributed by atoms with Crippen LogP contribution in [0.5, 0.6) is 0 Å². The molecule has 3 atom stereocenters. The van der Waals surface area contributed by atoms with E-state index in [0.717, 1.165) is 44.9 Å². The fraction of sp³-hybridized carbons (Fsp3) is 0.821. The van der Waals surface area contributed by atoms with E-state index in [1.807, 2.05) is 13.8 Å². The Labute approximate surface area is 221 Å². The molecule has 0 bridgehead atoms. The van der Waals surface area contributed by atoms with E-state index >= 15 is 0 Å². The highest BCUT2D eigenvalue weighted by molar-refractivity contribution is 6.38. The van der Waals surface area contributed by atoms with Crippen LogP contribution in [0.1, 0.15) is 106 Å². The lowest BCUT2D eigenvalue weighted by molar-refractivity contribution is -0.144. The number of hydrogen-bond acceptors (Lipinski definition) is 6. The van der Waals surface area contributed by atoms with Crippen LogP contribution in [0.15, 0.2) is 0 Å². The van der Waals surface area contributed by atoms with E-state index < -0.39 is 47.3 Å². The fourth-order valence-corrected chi connectivity index (χ4v) is 4.72. The Morgan fingerprint density at radius 3 is 2.24 bits per heavy atom. The third-order valence-electron chi connectivity index (χ3n) is 6.83. The van der Waals surface area contributed by atoms with Gasteiger partial charge in [-0.25, -0.2) is 4.79 Å². The van der Waals surface area contributed by atoms with Gasteiger partial charge in [0.25, 0.3) is 0 Å². The van der Waals surface area contributed by atoms with Gasteiger partial charge in [-0.15, -0.1) is 0 Å². The number of Topliss-reactive ketones (excluding diaryl/α,β-unsaturated/α-hetero) is 2. The van der Waals surface area contributed by atoms with E-state index in [2.05, 4.69) is 10.6 Å². The van der Waals surface area contributed by atoms with Crippen molar-refractivity contribution < 1.29 is 28.7 Å². The van der Waals surface area contributed by atoms with Gasteiger partial charge in [-0.2, -0.15) is 0 Å². The lowest BCUT2D eigenvalue weighted by Gasteiger charge is -2.35. The third kappa shape index (κ3) is 10.8. The van der Waals surface area contributed by atoms with Gasteiger partial charge in [0.1, 0.15) is 17.7 Å². The second-order valence-corrected chi connectivity index (χ2v) is 12.1. The Balaban J connectivity index is 2.26. The molecular formula is C28H47N3O6. The van der Waals surface area contributed by atoms with Crippen LogP contribution >= 0.6 is 0 Å². The minimum Gasteiger partial charge on any atom is -0.444 e. The van der Waals surface area contributed by atoms with Gasteiger partial charge in [-0.3, -0.25) is 19.2 Å². The Kier molecular flexibility index (Phi) is 11.6. The predicted molar refractivity (Wildman–Crippen MR) is 141 cm³/mol. The molecule has 3 amide bonds. The summed E-state index contributed by atoms with van der Waals surface area (Å²) in [6.07, 6.45) is 6.96. The number of amides is 3. The van der Waals surface area contributed by atoms with Crippen LogP contribution in [0, 0.1) is 11.8 Å². The highest BCUT2D eigenvalue weighted by atomic mass is 16.6. The summed E-state index contributed by atoms with van der Waals surface area (Å²) in [4.78, 5) is 66.0. The SMILES string of the molecule is CC(=O)C(=O)C(CCC1CC1)NC(=O)[C@H](CC(C)C)N1CCCCCC[C@H](NC(=O)OC(C)(C)C)C1=O. The molecule has 1 saturated heterocycles. The Morgan fingerprint density at radius 2 is 1.68 bits per heavy atom. The van der Waals surface area contributed by atoms with Crippen molar-refractivity contribution in [1.29, 1.82) is 0 Å². The number of nitrogens with one attached hydrogen (secondary N) is 2. The van der Waals surface area contributed by atoms with E-state index in [1.165, 1.54) is 6.92 Å². The molecule has 0 aromatic rings. The highest BCUT2D eigenvalue weighted by Crippen LogP contribution is 2.34. The van der Waals surface area contributed by atoms with Crippen molar-refractivity contribution in [3.63, 3.8) is 0 Å². The summed E-state index contributed by atoms with van der Waals surface area (Å²) in [5, 5.41) is 5.56. The summed E-state index contributed by atoms with van der Waals surface area (Å²) in [5.41, 5.74) is -0.704. The number of carbonyl (C=O) groups excluding carboxylic acids is 5. The van der Waals surface area contributed by atoms with Gasteiger partial charge < -0.3 is 20.3 Å². The minimum atomic E-state index is -0.886. The van der Waals surface area contributed by atoms with Crippen molar-refractivity contribution in [2.45, 2.75) is 129 Å². The average Bonchev–Trinajstić information content (AvgIpc) is 3.60. The van der Waals surface area contributed by atoms with E-state index in [-0.39, 0.29) is 11.8 Å². The lowest BCUT2D eigenvalue weighted by atomic mass is 9.97. The van der Waals surface area contributed by atoms with Gasteiger partial charge in [-0.1, -0.05) is 46.0 Å². The first-order valence-electron chi connectivity index (χ1n) is 13.9. The van der Waals surface area contributed by atoms with Crippen LogP contribution in [0.25, 0.3) is 0 Å². The first-order chi connectivity index (χ1) is 17.3. The molecule has 0 radical (unpaired) electrons. The first-order valence-corrected chi connectivity index (χ1v) is 13.9. The van der Waals surface area contributed by atoms with Crippen LogP contribution in [0.3, 0.4) is 0 Å². The highest BCUT2D eigenvalue weighted by Gasteiger charge is 2.37. The maximum atomic E-state index is 13.8. The number of ketones is 2. The zero-order valence-corrected chi connectivity index (χ0v) is 23.6. The topological polar surface area (TPSA) is 122 Å². The van der Waals surface area contributed by atoms with Gasteiger partial charge in [0, 0.05) is 13.5 Å². The largest absolute Gasteiger partial charge is 0.444 e. The standard InChI is InChI=1S/C28H47N3O6/c1-18(2)17-23(25(34)29-21(24(33)19(3)32)15-14-20-12-13-20)31-16-10-8-7-9-11-22(26(31)35)30-27(36)37-28(4,5)6/h18,20-23H,7-17H2,1-6H3,(H,29,34)(H,30,36)/t21?,22-,23-/m0/s1. The Morgan fingerprint density at radius 1 is 1.03 bits per heavy atom. The van der Waals surface area contributed by atoms with Crippen LogP contribution < -0.4 is 10.6 Å². The van der Waals surface area contributed by atoms with Crippen molar-refractivity contribution in [1.82, 2.24) is 15.5 Å². The lowest BCUT2D eigenvalue weighted by Crippen LogP contribution is -2.58. The zero-order valence-electron chi connectivity index (χ0n) is 23.6. The number of carbonyl (C=O) groups is 5. The summed E-state index contributed by atoms with van der Waals surface area (Å²) in [5.74, 6) is -1.28. The van der Waals surface area contributed by atoms with Crippen molar-refractivity contribution in [3.8, 4) is 0 Å². The molecule has 1 aliphatic heterocycles. The summed E-state index contributed by atoms with van der Waals surface area (Å²) >= 11 is 0. The second kappa shape index (κ2) is 13.9. The second-order valence-electron chi connectivity index (χ2n) is 12.1. The van der Waals surface area contributed by atoms with Gasteiger partial charge >= 0.3 is 6.09 Å². The average molecular weight is 522 g/mol. The molecular weight excluding hydrogens is 474 g/mol. The molecule has 9 nitrogen and oxygen atoms in total. The van der Waals surface area contributed by atoms with E-state index in [9.17, 15) is 24.0 Å². The van der Waals surface area contributed by atoms with Crippen molar-refractivity contribution in [2.24, 2.45) is 11.8 Å². The smallest absolute Gasteiger partial charge is 0.408 e. The van der Waals surface area contributed by atoms with Gasteiger partial charge in [0.05, 0.1) is 6.04 Å². The molecule has 2 N–H and O–H groups in total. The molecule has 1 heterocycles. The molecule has 1 aliphatic carbocycles. The molecule has 210 valence electrons. The summed E-state index contributed by atoms with van der Waals surface area (Å²) < 4.78 is 5.38. The van der Waals surface area contributed by atoms with Gasteiger partial charge in [0.2, 0.25) is 17.6 Å². The molecule has 1 unspecified atom stereocenters. The van der Waals surface area contributed by atoms with E-state index in [0.29, 0.717) is 31.7 Å². The zero-order chi connectivity index (χ0) is 27.8. The summed E-state index contributed by atoms with van der Waals surface area (Å²) in [7, 11) is 0. The van der Waals surface area contributed by atoms with Crippen molar-refractivity contribution in [2.75, 3.05) is 6.54 Å². The fourth-order valence-electron chi connectivity index (χ4n) is 4.72. The van der Waals surface area contributed by atoms with E-state index in [4.69, 9.17) is 4.74 Å². The number of rotatable bonds is 11. The molecule has 0 spiro atoms. The quantitative estimate of drug-likeness (QED) is 0.398. The van der Waals surface area contributed by atoms with E-state index in [1.54, 1.807) is 25.7 Å². The van der Waals surface area contributed by atoms with Gasteiger partial charge in [0.15, 0.2) is 5.78 Å². The maximum absolute atomic E-state index is 13.8. The number of hydrogen-bond donors (Lipinski definition) is 2. The third-order valence-corrected chi connectivity index (χ3v) is 6.83. The Bertz CT molecular complexity index is 830. The van der Waals surface area contributed by atoms with Crippen LogP contribution in [-0.4, -0.2) is 64.6 Å². The van der Waals surface area contributed by atoms with Gasteiger partial charge in [-0.05, 0) is 64.7 Å². The molecule has 2 fully saturated rings. The molecule has 1 saturated carbocycles. The minimum absolute atomic E-state index is 0.0989. The van der Waals surface area contributed by atoms with Crippen LogP contribution in [-0.2, 0) is 23.9 Å². The number of nitrogens with zero attached hydrogens (tertiary/aromatic N) is 1. The van der Waals surface area contributed by atoms with Crippen molar-refractivity contribution in [3.05, 3.63) is 0 Å². The Hall–Kier alpha value is -2.45. The number of alkyl carbamates (subject to hydrolysis) is 1. The molecule has 2 rings (SSSR count). The summed E-state index contributed by atoms with van der Waals surface area (Å²) in [6, 6.07) is -2.50. The monoisotopic (exact) mass is 521 g/mol. The molecule has 2 aliphatic rings. The molecule has 0 aromatic heterocycles.